The SMILES string of the molecule is CCC1Oc2cc(F)c(Cl)cc2C1NC. The molecular formula is C11H13ClFNO. The van der Waals surface area contributed by atoms with E-state index < -0.39 is 5.82 Å². The Balaban J connectivity index is 2.44. The monoisotopic (exact) mass is 229 g/mol. The molecule has 0 saturated carbocycles. The molecule has 1 aliphatic rings. The lowest BCUT2D eigenvalue weighted by molar-refractivity contribution is 0.189. The van der Waals surface area contributed by atoms with Crippen LogP contribution >= 0.6 is 11.6 Å². The molecule has 15 heavy (non-hydrogen) atoms. The van der Waals surface area contributed by atoms with Gasteiger partial charge in [0.25, 0.3) is 0 Å². The van der Waals surface area contributed by atoms with Crippen LogP contribution in [0.15, 0.2) is 12.1 Å². The van der Waals surface area contributed by atoms with E-state index in [1.807, 2.05) is 14.0 Å². The van der Waals surface area contributed by atoms with Gasteiger partial charge in [-0.05, 0) is 19.5 Å². The van der Waals surface area contributed by atoms with Gasteiger partial charge >= 0.3 is 0 Å². The summed E-state index contributed by atoms with van der Waals surface area (Å²) in [6.07, 6.45) is 0.933. The van der Waals surface area contributed by atoms with Crippen LogP contribution in [0.5, 0.6) is 5.75 Å². The smallest absolute Gasteiger partial charge is 0.145 e. The first-order valence-electron chi connectivity index (χ1n) is 5.00. The van der Waals surface area contributed by atoms with Crippen molar-refractivity contribution in [3.63, 3.8) is 0 Å². The fourth-order valence-corrected chi connectivity index (χ4v) is 2.15. The van der Waals surface area contributed by atoms with Crippen LogP contribution < -0.4 is 10.1 Å². The topological polar surface area (TPSA) is 21.3 Å². The summed E-state index contributed by atoms with van der Waals surface area (Å²) in [6, 6.07) is 3.10. The maximum atomic E-state index is 13.2. The first-order chi connectivity index (χ1) is 7.17. The lowest BCUT2D eigenvalue weighted by atomic mass is 10.0. The largest absolute Gasteiger partial charge is 0.488 e. The number of hydrogen-bond acceptors (Lipinski definition) is 2. The van der Waals surface area contributed by atoms with Gasteiger partial charge in [0.2, 0.25) is 0 Å². The molecule has 82 valence electrons. The summed E-state index contributed by atoms with van der Waals surface area (Å²) in [5.41, 5.74) is 0.941. The lowest BCUT2D eigenvalue weighted by Crippen LogP contribution is -2.27. The van der Waals surface area contributed by atoms with Gasteiger partial charge in [0, 0.05) is 11.6 Å². The van der Waals surface area contributed by atoms with Gasteiger partial charge < -0.3 is 10.1 Å². The molecule has 2 unspecified atom stereocenters. The van der Waals surface area contributed by atoms with Crippen LogP contribution in [0.3, 0.4) is 0 Å². The van der Waals surface area contributed by atoms with E-state index in [0.29, 0.717) is 5.75 Å². The average molecular weight is 230 g/mol. The van der Waals surface area contributed by atoms with Crippen LogP contribution in [0.4, 0.5) is 4.39 Å². The van der Waals surface area contributed by atoms with Gasteiger partial charge in [-0.3, -0.25) is 0 Å². The Kier molecular flexibility index (Phi) is 2.85. The minimum atomic E-state index is -0.429. The van der Waals surface area contributed by atoms with Crippen LogP contribution in [0, 0.1) is 5.82 Å². The van der Waals surface area contributed by atoms with Gasteiger partial charge in [0.05, 0.1) is 11.1 Å². The molecule has 0 spiro atoms. The van der Waals surface area contributed by atoms with E-state index in [1.165, 1.54) is 6.07 Å². The van der Waals surface area contributed by atoms with Crippen molar-refractivity contribution in [2.24, 2.45) is 0 Å². The molecule has 0 aliphatic carbocycles. The first-order valence-corrected chi connectivity index (χ1v) is 5.38. The Labute approximate surface area is 93.4 Å². The molecule has 4 heteroatoms. The highest BCUT2D eigenvalue weighted by Crippen LogP contribution is 2.40. The predicted molar refractivity (Wildman–Crippen MR) is 57.9 cm³/mol. The van der Waals surface area contributed by atoms with Crippen LogP contribution in [0.25, 0.3) is 0 Å². The zero-order chi connectivity index (χ0) is 11.0. The fourth-order valence-electron chi connectivity index (χ4n) is 1.98. The summed E-state index contributed by atoms with van der Waals surface area (Å²) in [5, 5.41) is 3.31. The second kappa shape index (κ2) is 3.99. The third kappa shape index (κ3) is 1.70. The van der Waals surface area contributed by atoms with Gasteiger partial charge in [0.1, 0.15) is 17.7 Å². The summed E-state index contributed by atoms with van der Waals surface area (Å²) in [4.78, 5) is 0. The molecule has 0 fully saturated rings. The Morgan fingerprint density at radius 1 is 1.53 bits per heavy atom. The summed E-state index contributed by atoms with van der Waals surface area (Å²) in [6.45, 7) is 2.04. The van der Waals surface area contributed by atoms with E-state index in [1.54, 1.807) is 6.07 Å². The summed E-state index contributed by atoms with van der Waals surface area (Å²) >= 11 is 5.75. The number of halogens is 2. The minimum absolute atomic E-state index is 0.0582. The average Bonchev–Trinajstić information content (AvgIpc) is 2.56. The lowest BCUT2D eigenvalue weighted by Gasteiger charge is -2.16. The Morgan fingerprint density at radius 3 is 2.87 bits per heavy atom. The normalized spacial score (nSPS) is 23.7. The van der Waals surface area contributed by atoms with E-state index in [9.17, 15) is 4.39 Å². The minimum Gasteiger partial charge on any atom is -0.488 e. The summed E-state index contributed by atoms with van der Waals surface area (Å²) < 4.78 is 18.8. The number of rotatable bonds is 2. The number of likely N-dealkylation sites (N-methyl/N-ethyl adjacent to an activating group) is 1. The molecule has 2 rings (SSSR count). The highest BCUT2D eigenvalue weighted by atomic mass is 35.5. The van der Waals surface area contributed by atoms with E-state index in [-0.39, 0.29) is 17.2 Å². The molecule has 1 aromatic rings. The molecule has 0 aromatic heterocycles. The van der Waals surface area contributed by atoms with Crippen molar-refractivity contribution in [2.75, 3.05) is 7.05 Å². The van der Waals surface area contributed by atoms with Gasteiger partial charge in [-0.25, -0.2) is 4.39 Å². The number of nitrogens with one attached hydrogen (secondary N) is 1. The highest BCUT2D eigenvalue weighted by Gasteiger charge is 2.32. The van der Waals surface area contributed by atoms with E-state index in [4.69, 9.17) is 16.3 Å². The molecule has 1 aliphatic heterocycles. The van der Waals surface area contributed by atoms with Crippen LogP contribution in [0.2, 0.25) is 5.02 Å². The molecule has 0 bridgehead atoms. The highest BCUT2D eigenvalue weighted by molar-refractivity contribution is 6.30. The first kappa shape index (κ1) is 10.7. The Hall–Kier alpha value is -0.800. The van der Waals surface area contributed by atoms with Crippen molar-refractivity contribution in [3.8, 4) is 5.75 Å². The van der Waals surface area contributed by atoms with E-state index in [2.05, 4.69) is 5.32 Å². The van der Waals surface area contributed by atoms with Gasteiger partial charge in [-0.15, -0.1) is 0 Å². The second-order valence-electron chi connectivity index (χ2n) is 3.64. The quantitative estimate of drug-likeness (QED) is 0.842. The summed E-state index contributed by atoms with van der Waals surface area (Å²) in [5.74, 6) is 0.171. The Morgan fingerprint density at radius 2 is 2.27 bits per heavy atom. The van der Waals surface area contributed by atoms with Crippen molar-refractivity contribution >= 4 is 11.6 Å². The third-order valence-electron chi connectivity index (χ3n) is 2.75. The summed E-state index contributed by atoms with van der Waals surface area (Å²) in [7, 11) is 1.86. The van der Waals surface area contributed by atoms with E-state index in [0.717, 1.165) is 12.0 Å². The Bertz CT molecular complexity index is 383. The molecule has 2 atom stereocenters. The van der Waals surface area contributed by atoms with Gasteiger partial charge in [-0.2, -0.15) is 0 Å². The maximum Gasteiger partial charge on any atom is 0.145 e. The van der Waals surface area contributed by atoms with Crippen LogP contribution in [-0.2, 0) is 0 Å². The zero-order valence-corrected chi connectivity index (χ0v) is 9.44. The van der Waals surface area contributed by atoms with Gasteiger partial charge in [0.15, 0.2) is 0 Å². The van der Waals surface area contributed by atoms with Crippen molar-refractivity contribution in [1.82, 2.24) is 5.32 Å². The molecule has 1 N–H and O–H groups in total. The van der Waals surface area contributed by atoms with E-state index >= 15 is 0 Å². The fraction of sp³-hybridized carbons (Fsp3) is 0.455. The number of benzene rings is 1. The van der Waals surface area contributed by atoms with Crippen molar-refractivity contribution < 1.29 is 9.13 Å². The molecule has 1 heterocycles. The number of ether oxygens (including phenoxy) is 1. The standard InChI is InChI=1S/C11H13ClFNO/c1-3-9-11(14-2)6-4-7(12)8(13)5-10(6)15-9/h4-5,9,11,14H,3H2,1-2H3. The molecule has 2 nitrogen and oxygen atoms in total. The molecular weight excluding hydrogens is 217 g/mol. The molecule has 1 aromatic carbocycles. The molecule has 0 radical (unpaired) electrons. The number of fused-ring (bicyclic) bond motifs is 1. The van der Waals surface area contributed by atoms with Crippen LogP contribution in [0.1, 0.15) is 24.9 Å². The van der Waals surface area contributed by atoms with Crippen molar-refractivity contribution in [2.45, 2.75) is 25.5 Å². The number of hydrogen-bond donors (Lipinski definition) is 1. The molecule has 0 amide bonds. The molecule has 0 saturated heterocycles. The van der Waals surface area contributed by atoms with Gasteiger partial charge in [-0.1, -0.05) is 18.5 Å². The maximum absolute atomic E-state index is 13.2. The second-order valence-corrected chi connectivity index (χ2v) is 4.04. The van der Waals surface area contributed by atoms with Crippen LogP contribution in [-0.4, -0.2) is 13.2 Å². The van der Waals surface area contributed by atoms with Crippen molar-refractivity contribution in [3.05, 3.63) is 28.5 Å². The third-order valence-corrected chi connectivity index (χ3v) is 3.04. The van der Waals surface area contributed by atoms with Crippen molar-refractivity contribution in [1.29, 1.82) is 0 Å². The predicted octanol–water partition coefficient (Wildman–Crippen LogP) is 2.91. The zero-order valence-electron chi connectivity index (χ0n) is 8.68.